The standard InChI is InChI=1S/C19H26FNO3/c1-14(10-16-4-2-6-17(20)12-16)11-18(22)21-9-3-5-15(13-21)7-8-19(23)24/h2,4,6,12,14-15H,3,5,7-11,13H2,1H3,(H,23,24)/t14-,15-/m1/s1. The molecule has 2 atom stereocenters. The lowest BCUT2D eigenvalue weighted by Gasteiger charge is -2.33. The van der Waals surface area contributed by atoms with Crippen LogP contribution < -0.4 is 0 Å². The van der Waals surface area contributed by atoms with Crippen molar-refractivity contribution in [3.63, 3.8) is 0 Å². The average molecular weight is 335 g/mol. The third-order valence-electron chi connectivity index (χ3n) is 4.63. The molecule has 5 heteroatoms. The van der Waals surface area contributed by atoms with Crippen LogP contribution in [0.25, 0.3) is 0 Å². The largest absolute Gasteiger partial charge is 0.481 e. The van der Waals surface area contributed by atoms with E-state index in [1.165, 1.54) is 12.1 Å². The van der Waals surface area contributed by atoms with Gasteiger partial charge in [0.25, 0.3) is 0 Å². The zero-order valence-corrected chi connectivity index (χ0v) is 14.2. The van der Waals surface area contributed by atoms with E-state index in [4.69, 9.17) is 5.11 Å². The number of rotatable bonds is 7. The van der Waals surface area contributed by atoms with Gasteiger partial charge in [0.2, 0.25) is 5.91 Å². The smallest absolute Gasteiger partial charge is 0.303 e. The van der Waals surface area contributed by atoms with Crippen LogP contribution in [0.15, 0.2) is 24.3 Å². The summed E-state index contributed by atoms with van der Waals surface area (Å²) in [6.45, 7) is 3.43. The van der Waals surface area contributed by atoms with Crippen molar-refractivity contribution < 1.29 is 19.1 Å². The Morgan fingerprint density at radius 3 is 2.92 bits per heavy atom. The summed E-state index contributed by atoms with van der Waals surface area (Å²) in [5.74, 6) is -0.458. The Bertz CT molecular complexity index is 575. The molecule has 1 aliphatic rings. The van der Waals surface area contributed by atoms with Crippen molar-refractivity contribution in [1.29, 1.82) is 0 Å². The first-order chi connectivity index (χ1) is 11.4. The molecule has 1 heterocycles. The molecule has 1 saturated heterocycles. The second kappa shape index (κ2) is 8.81. The van der Waals surface area contributed by atoms with Crippen molar-refractivity contribution in [3.05, 3.63) is 35.6 Å². The first kappa shape index (κ1) is 18.4. The number of amides is 1. The van der Waals surface area contributed by atoms with Gasteiger partial charge in [-0.25, -0.2) is 4.39 Å². The lowest BCUT2D eigenvalue weighted by Crippen LogP contribution is -2.40. The Balaban J connectivity index is 1.81. The lowest BCUT2D eigenvalue weighted by atomic mass is 9.92. The summed E-state index contributed by atoms with van der Waals surface area (Å²) in [7, 11) is 0. The van der Waals surface area contributed by atoms with Gasteiger partial charge in [-0.1, -0.05) is 19.1 Å². The summed E-state index contributed by atoms with van der Waals surface area (Å²) in [5.41, 5.74) is 0.910. The van der Waals surface area contributed by atoms with E-state index in [9.17, 15) is 14.0 Å². The van der Waals surface area contributed by atoms with Crippen LogP contribution in [0.3, 0.4) is 0 Å². The van der Waals surface area contributed by atoms with E-state index in [-0.39, 0.29) is 30.0 Å². The number of hydrogen-bond donors (Lipinski definition) is 1. The number of likely N-dealkylation sites (tertiary alicyclic amines) is 1. The van der Waals surface area contributed by atoms with Gasteiger partial charge in [0.1, 0.15) is 5.82 Å². The fraction of sp³-hybridized carbons (Fsp3) is 0.579. The topological polar surface area (TPSA) is 57.6 Å². The molecule has 0 saturated carbocycles. The molecule has 1 aliphatic heterocycles. The number of nitrogens with zero attached hydrogens (tertiary/aromatic N) is 1. The van der Waals surface area contributed by atoms with Crippen LogP contribution in [0.5, 0.6) is 0 Å². The molecule has 0 radical (unpaired) electrons. The molecule has 4 nitrogen and oxygen atoms in total. The van der Waals surface area contributed by atoms with E-state index >= 15 is 0 Å². The van der Waals surface area contributed by atoms with Crippen molar-refractivity contribution >= 4 is 11.9 Å². The summed E-state index contributed by atoms with van der Waals surface area (Å²) < 4.78 is 13.2. The van der Waals surface area contributed by atoms with Crippen molar-refractivity contribution in [2.24, 2.45) is 11.8 Å². The second-order valence-electron chi connectivity index (χ2n) is 6.92. The van der Waals surface area contributed by atoms with Crippen LogP contribution in [0.2, 0.25) is 0 Å². The number of carboxylic acid groups (broad SMARTS) is 1. The van der Waals surface area contributed by atoms with Crippen LogP contribution in [0.1, 0.15) is 44.6 Å². The Hall–Kier alpha value is -1.91. The van der Waals surface area contributed by atoms with Gasteiger partial charge >= 0.3 is 5.97 Å². The van der Waals surface area contributed by atoms with E-state index in [0.29, 0.717) is 25.8 Å². The summed E-state index contributed by atoms with van der Waals surface area (Å²) in [5, 5.41) is 8.79. The molecule has 1 aromatic carbocycles. The van der Waals surface area contributed by atoms with E-state index in [0.717, 1.165) is 24.9 Å². The first-order valence-corrected chi connectivity index (χ1v) is 8.68. The summed E-state index contributed by atoms with van der Waals surface area (Å²) in [4.78, 5) is 25.1. The number of benzene rings is 1. The van der Waals surface area contributed by atoms with Crippen LogP contribution in [-0.2, 0) is 16.0 Å². The molecule has 1 aromatic rings. The molecule has 0 aromatic heterocycles. The number of piperidine rings is 1. The lowest BCUT2D eigenvalue weighted by molar-refractivity contribution is -0.137. The molecule has 0 unspecified atom stereocenters. The van der Waals surface area contributed by atoms with Crippen molar-refractivity contribution in [2.75, 3.05) is 13.1 Å². The molecule has 132 valence electrons. The monoisotopic (exact) mass is 335 g/mol. The molecule has 2 rings (SSSR count). The van der Waals surface area contributed by atoms with Crippen LogP contribution in [0, 0.1) is 17.7 Å². The summed E-state index contributed by atoms with van der Waals surface area (Å²) in [6, 6.07) is 6.51. The molecule has 0 aliphatic carbocycles. The van der Waals surface area contributed by atoms with Gasteiger partial charge in [-0.15, -0.1) is 0 Å². The number of halogens is 1. The first-order valence-electron chi connectivity index (χ1n) is 8.68. The highest BCUT2D eigenvalue weighted by Crippen LogP contribution is 2.23. The zero-order valence-electron chi connectivity index (χ0n) is 14.2. The minimum atomic E-state index is -0.776. The maximum atomic E-state index is 13.2. The minimum absolute atomic E-state index is 0.124. The maximum Gasteiger partial charge on any atom is 0.303 e. The van der Waals surface area contributed by atoms with Gasteiger partial charge in [-0.05, 0) is 55.2 Å². The molecule has 1 amide bonds. The van der Waals surface area contributed by atoms with Gasteiger partial charge in [0, 0.05) is 25.9 Å². The Morgan fingerprint density at radius 2 is 2.21 bits per heavy atom. The number of aliphatic carboxylic acids is 1. The fourth-order valence-electron chi connectivity index (χ4n) is 3.42. The summed E-state index contributed by atoms with van der Waals surface area (Å²) >= 11 is 0. The Labute approximate surface area is 142 Å². The molecule has 0 spiro atoms. The van der Waals surface area contributed by atoms with Gasteiger partial charge in [0.15, 0.2) is 0 Å². The SMILES string of the molecule is C[C@@H](CC(=O)N1CCC[C@H](CCC(=O)O)C1)Cc1cccc(F)c1. The van der Waals surface area contributed by atoms with E-state index in [1.54, 1.807) is 6.07 Å². The summed E-state index contributed by atoms with van der Waals surface area (Å²) in [6.07, 6.45) is 3.87. The third kappa shape index (κ3) is 5.95. The van der Waals surface area contributed by atoms with E-state index in [2.05, 4.69) is 0 Å². The highest BCUT2D eigenvalue weighted by Gasteiger charge is 2.25. The fourth-order valence-corrected chi connectivity index (χ4v) is 3.42. The number of carbonyl (C=O) groups is 2. The quantitative estimate of drug-likeness (QED) is 0.830. The van der Waals surface area contributed by atoms with Crippen LogP contribution in [-0.4, -0.2) is 35.0 Å². The highest BCUT2D eigenvalue weighted by atomic mass is 19.1. The highest BCUT2D eigenvalue weighted by molar-refractivity contribution is 5.76. The molecule has 24 heavy (non-hydrogen) atoms. The predicted octanol–water partition coefficient (Wildman–Crippen LogP) is 3.50. The number of carboxylic acids is 1. The maximum absolute atomic E-state index is 13.2. The van der Waals surface area contributed by atoms with Crippen molar-refractivity contribution in [1.82, 2.24) is 4.90 Å². The Morgan fingerprint density at radius 1 is 1.42 bits per heavy atom. The van der Waals surface area contributed by atoms with Gasteiger partial charge in [0.05, 0.1) is 0 Å². The van der Waals surface area contributed by atoms with Gasteiger partial charge in [-0.2, -0.15) is 0 Å². The second-order valence-corrected chi connectivity index (χ2v) is 6.92. The zero-order chi connectivity index (χ0) is 17.5. The van der Waals surface area contributed by atoms with Crippen molar-refractivity contribution in [2.45, 2.75) is 45.4 Å². The number of hydrogen-bond acceptors (Lipinski definition) is 2. The van der Waals surface area contributed by atoms with E-state index in [1.807, 2.05) is 17.9 Å². The Kier molecular flexibility index (Phi) is 6.76. The minimum Gasteiger partial charge on any atom is -0.481 e. The van der Waals surface area contributed by atoms with Crippen LogP contribution >= 0.6 is 0 Å². The average Bonchev–Trinajstić information content (AvgIpc) is 2.53. The van der Waals surface area contributed by atoms with E-state index < -0.39 is 5.97 Å². The van der Waals surface area contributed by atoms with Gasteiger partial charge in [-0.3, -0.25) is 9.59 Å². The normalized spacial score (nSPS) is 19.1. The van der Waals surface area contributed by atoms with Crippen molar-refractivity contribution in [3.8, 4) is 0 Å². The van der Waals surface area contributed by atoms with Crippen LogP contribution in [0.4, 0.5) is 4.39 Å². The third-order valence-corrected chi connectivity index (χ3v) is 4.63. The predicted molar refractivity (Wildman–Crippen MR) is 90.1 cm³/mol. The molecule has 1 N–H and O–H groups in total. The number of carbonyl (C=O) groups excluding carboxylic acids is 1. The molecular weight excluding hydrogens is 309 g/mol. The molecule has 0 bridgehead atoms. The molecule has 1 fully saturated rings. The molecular formula is C19H26FNO3. The van der Waals surface area contributed by atoms with Gasteiger partial charge < -0.3 is 10.0 Å².